The Morgan fingerprint density at radius 2 is 1.45 bits per heavy atom. The van der Waals surface area contributed by atoms with Crippen molar-refractivity contribution in [2.24, 2.45) is 0 Å². The third-order valence-corrected chi connectivity index (χ3v) is 3.07. The zero-order chi connectivity index (χ0) is 14.7. The van der Waals surface area contributed by atoms with Gasteiger partial charge in [0.2, 0.25) is 0 Å². The van der Waals surface area contributed by atoms with E-state index in [1.807, 2.05) is 13.0 Å². The average Bonchev–Trinajstić information content (AvgIpc) is 2.39. The Kier molecular flexibility index (Phi) is 3.99. The van der Waals surface area contributed by atoms with E-state index in [-0.39, 0.29) is 11.6 Å². The number of ether oxygens (including phenoxy) is 1. The summed E-state index contributed by atoms with van der Waals surface area (Å²) in [6, 6.07) is 12.3. The molecule has 0 aliphatic heterocycles. The van der Waals surface area contributed by atoms with Gasteiger partial charge >= 0.3 is 0 Å². The van der Waals surface area contributed by atoms with E-state index >= 15 is 0 Å². The number of rotatable bonds is 4. The summed E-state index contributed by atoms with van der Waals surface area (Å²) in [5.74, 6) is 1.39. The molecule has 0 bridgehead atoms. The summed E-state index contributed by atoms with van der Waals surface area (Å²) in [6.07, 6.45) is 0. The number of carbonyl (C=O) groups is 2. The fraction of sp³-hybridized carbons (Fsp3) is 0.176. The van der Waals surface area contributed by atoms with E-state index in [9.17, 15) is 9.59 Å². The Morgan fingerprint density at radius 1 is 0.850 bits per heavy atom. The zero-order valence-corrected chi connectivity index (χ0v) is 11.8. The summed E-state index contributed by atoms with van der Waals surface area (Å²) < 4.78 is 5.71. The number of hydrogen-bond acceptors (Lipinski definition) is 3. The van der Waals surface area contributed by atoms with Crippen LogP contribution in [0.3, 0.4) is 0 Å². The van der Waals surface area contributed by atoms with Crippen molar-refractivity contribution < 1.29 is 14.3 Å². The highest BCUT2D eigenvalue weighted by atomic mass is 16.5. The van der Waals surface area contributed by atoms with E-state index < -0.39 is 0 Å². The molecule has 0 fully saturated rings. The second-order valence-electron chi connectivity index (χ2n) is 4.72. The third-order valence-electron chi connectivity index (χ3n) is 3.07. The first-order valence-corrected chi connectivity index (χ1v) is 6.38. The van der Waals surface area contributed by atoms with Gasteiger partial charge in [-0.3, -0.25) is 9.59 Å². The van der Waals surface area contributed by atoms with Gasteiger partial charge < -0.3 is 4.74 Å². The van der Waals surface area contributed by atoms with Crippen LogP contribution in [-0.2, 0) is 0 Å². The number of Topliss-reactive ketones (excluding diaryl/α,β-unsaturated/α-hetero) is 2. The maximum absolute atomic E-state index is 11.4. The summed E-state index contributed by atoms with van der Waals surface area (Å²) in [6.45, 7) is 4.95. The molecule has 0 aliphatic rings. The summed E-state index contributed by atoms with van der Waals surface area (Å²) in [5.41, 5.74) is 2.24. The zero-order valence-electron chi connectivity index (χ0n) is 11.8. The summed E-state index contributed by atoms with van der Waals surface area (Å²) in [4.78, 5) is 22.6. The van der Waals surface area contributed by atoms with Gasteiger partial charge in [0.15, 0.2) is 11.6 Å². The first kappa shape index (κ1) is 14.0. The summed E-state index contributed by atoms with van der Waals surface area (Å²) >= 11 is 0. The van der Waals surface area contributed by atoms with Gasteiger partial charge in [0.05, 0.1) is 0 Å². The van der Waals surface area contributed by atoms with Crippen molar-refractivity contribution in [3.8, 4) is 11.5 Å². The quantitative estimate of drug-likeness (QED) is 0.781. The van der Waals surface area contributed by atoms with Crippen molar-refractivity contribution in [2.75, 3.05) is 0 Å². The molecule has 0 unspecified atom stereocenters. The van der Waals surface area contributed by atoms with Crippen molar-refractivity contribution >= 4 is 11.6 Å². The van der Waals surface area contributed by atoms with Crippen LogP contribution in [0.1, 0.15) is 40.1 Å². The molecular formula is C17H16O3. The normalized spacial score (nSPS) is 10.2. The van der Waals surface area contributed by atoms with Crippen LogP contribution in [0.5, 0.6) is 11.5 Å². The number of carbonyl (C=O) groups excluding carboxylic acids is 2. The molecule has 2 aromatic rings. The lowest BCUT2D eigenvalue weighted by molar-refractivity contribution is 0.100. The van der Waals surface area contributed by atoms with Crippen LogP contribution >= 0.6 is 0 Å². The highest BCUT2D eigenvalue weighted by Gasteiger charge is 2.06. The Balaban J connectivity index is 2.19. The van der Waals surface area contributed by atoms with Gasteiger partial charge in [0, 0.05) is 11.1 Å². The van der Waals surface area contributed by atoms with E-state index in [0.29, 0.717) is 22.6 Å². The molecule has 0 saturated carbocycles. The second kappa shape index (κ2) is 5.70. The van der Waals surface area contributed by atoms with Crippen LogP contribution in [0.15, 0.2) is 42.5 Å². The van der Waals surface area contributed by atoms with Crippen molar-refractivity contribution in [1.82, 2.24) is 0 Å². The van der Waals surface area contributed by atoms with Crippen molar-refractivity contribution in [3.05, 3.63) is 59.2 Å². The fourth-order valence-corrected chi connectivity index (χ4v) is 1.99. The highest BCUT2D eigenvalue weighted by Crippen LogP contribution is 2.24. The molecule has 0 atom stereocenters. The lowest BCUT2D eigenvalue weighted by atomic mass is 10.1. The van der Waals surface area contributed by atoms with Gasteiger partial charge in [-0.25, -0.2) is 0 Å². The van der Waals surface area contributed by atoms with Gasteiger partial charge in [-0.1, -0.05) is 0 Å². The molecule has 0 aliphatic carbocycles. The number of aryl methyl sites for hydroxylation is 1. The van der Waals surface area contributed by atoms with Crippen LogP contribution in [0.4, 0.5) is 0 Å². The monoisotopic (exact) mass is 268 g/mol. The highest BCUT2D eigenvalue weighted by molar-refractivity contribution is 5.95. The molecule has 2 aromatic carbocycles. The maximum Gasteiger partial charge on any atom is 0.160 e. The van der Waals surface area contributed by atoms with Crippen LogP contribution in [0, 0.1) is 6.92 Å². The minimum atomic E-state index is 0.0261. The Labute approximate surface area is 118 Å². The van der Waals surface area contributed by atoms with Gasteiger partial charge in [-0.2, -0.15) is 0 Å². The third kappa shape index (κ3) is 3.12. The van der Waals surface area contributed by atoms with Crippen molar-refractivity contribution in [1.29, 1.82) is 0 Å². The standard InChI is InChI=1S/C17H16O3/c1-11-10-16(8-9-17(11)13(3)19)20-15-6-4-14(5-7-15)12(2)18/h4-10H,1-3H3. The van der Waals surface area contributed by atoms with E-state index in [4.69, 9.17) is 4.74 Å². The van der Waals surface area contributed by atoms with Crippen LogP contribution in [-0.4, -0.2) is 11.6 Å². The number of hydrogen-bond donors (Lipinski definition) is 0. The lowest BCUT2D eigenvalue weighted by Crippen LogP contribution is -1.96. The maximum atomic E-state index is 11.4. The summed E-state index contributed by atoms with van der Waals surface area (Å²) in [5, 5.41) is 0. The Hall–Kier alpha value is -2.42. The number of ketones is 2. The molecule has 0 radical (unpaired) electrons. The Bertz CT molecular complexity index is 654. The van der Waals surface area contributed by atoms with Crippen molar-refractivity contribution in [3.63, 3.8) is 0 Å². The minimum absolute atomic E-state index is 0.0261. The van der Waals surface area contributed by atoms with Gasteiger partial charge in [-0.15, -0.1) is 0 Å². The predicted molar refractivity (Wildman–Crippen MR) is 77.7 cm³/mol. The van der Waals surface area contributed by atoms with Crippen LogP contribution in [0.2, 0.25) is 0 Å². The van der Waals surface area contributed by atoms with E-state index in [1.54, 1.807) is 43.3 Å². The predicted octanol–water partition coefficient (Wildman–Crippen LogP) is 4.19. The minimum Gasteiger partial charge on any atom is -0.457 e. The van der Waals surface area contributed by atoms with Gasteiger partial charge in [0.1, 0.15) is 11.5 Å². The SMILES string of the molecule is CC(=O)c1ccc(Oc2ccc(C(C)=O)c(C)c2)cc1. The second-order valence-corrected chi connectivity index (χ2v) is 4.72. The molecule has 20 heavy (non-hydrogen) atoms. The van der Waals surface area contributed by atoms with Crippen LogP contribution < -0.4 is 4.74 Å². The first-order valence-electron chi connectivity index (χ1n) is 6.38. The molecule has 0 saturated heterocycles. The summed E-state index contributed by atoms with van der Waals surface area (Å²) in [7, 11) is 0. The molecule has 0 heterocycles. The first-order chi connectivity index (χ1) is 9.47. The molecule has 3 nitrogen and oxygen atoms in total. The van der Waals surface area contributed by atoms with Gasteiger partial charge in [-0.05, 0) is 68.8 Å². The van der Waals surface area contributed by atoms with Gasteiger partial charge in [0.25, 0.3) is 0 Å². The molecule has 3 heteroatoms. The lowest BCUT2D eigenvalue weighted by Gasteiger charge is -2.08. The topological polar surface area (TPSA) is 43.4 Å². The molecule has 0 aromatic heterocycles. The van der Waals surface area contributed by atoms with E-state index in [2.05, 4.69) is 0 Å². The fourth-order valence-electron chi connectivity index (χ4n) is 1.99. The average molecular weight is 268 g/mol. The van der Waals surface area contributed by atoms with Crippen LogP contribution in [0.25, 0.3) is 0 Å². The van der Waals surface area contributed by atoms with E-state index in [0.717, 1.165) is 5.56 Å². The Morgan fingerprint density at radius 3 is 1.95 bits per heavy atom. The smallest absolute Gasteiger partial charge is 0.160 e. The molecular weight excluding hydrogens is 252 g/mol. The molecule has 2 rings (SSSR count). The largest absolute Gasteiger partial charge is 0.457 e. The van der Waals surface area contributed by atoms with E-state index in [1.165, 1.54) is 6.92 Å². The molecule has 102 valence electrons. The molecule has 0 N–H and O–H groups in total. The number of benzene rings is 2. The van der Waals surface area contributed by atoms with Crippen molar-refractivity contribution in [2.45, 2.75) is 20.8 Å². The molecule has 0 amide bonds. The molecule has 0 spiro atoms.